The smallest absolute Gasteiger partial charge is 0.416 e. The predicted octanol–water partition coefficient (Wildman–Crippen LogP) is 8.14. The zero-order valence-electron chi connectivity index (χ0n) is 19.9. The Morgan fingerprint density at radius 2 is 1.92 bits per heavy atom. The van der Waals surface area contributed by atoms with Crippen molar-refractivity contribution in [1.82, 2.24) is 4.57 Å². The first-order chi connectivity index (χ1) is 17.1. The topological polar surface area (TPSA) is 31.2 Å². The summed E-state index contributed by atoms with van der Waals surface area (Å²) in [5.41, 5.74) is 1.36. The third-order valence-corrected chi connectivity index (χ3v) is 6.47. The minimum atomic E-state index is -4.69. The lowest BCUT2D eigenvalue weighted by molar-refractivity contribution is -0.138. The molecule has 1 heterocycles. The van der Waals surface area contributed by atoms with Crippen molar-refractivity contribution in [2.45, 2.75) is 39.4 Å². The van der Waals surface area contributed by atoms with Crippen molar-refractivity contribution in [1.29, 1.82) is 0 Å². The number of fused-ring (bicyclic) bond motifs is 1. The maximum absolute atomic E-state index is 13.7. The summed E-state index contributed by atoms with van der Waals surface area (Å²) in [6, 6.07) is 10.00. The van der Waals surface area contributed by atoms with Crippen molar-refractivity contribution < 1.29 is 27.1 Å². The van der Waals surface area contributed by atoms with Crippen molar-refractivity contribution in [3.8, 4) is 5.75 Å². The molecule has 3 aromatic rings. The van der Waals surface area contributed by atoms with Crippen LogP contribution in [0.5, 0.6) is 5.75 Å². The highest BCUT2D eigenvalue weighted by Crippen LogP contribution is 2.35. The van der Waals surface area contributed by atoms with Crippen molar-refractivity contribution >= 4 is 33.9 Å². The van der Waals surface area contributed by atoms with E-state index in [4.69, 9.17) is 4.74 Å². The Balaban J connectivity index is 1.74. The third-order valence-electron chi connectivity index (χ3n) is 5.74. The highest BCUT2D eigenvalue weighted by atomic mass is 32.2. The van der Waals surface area contributed by atoms with Crippen LogP contribution in [0.15, 0.2) is 71.2 Å². The summed E-state index contributed by atoms with van der Waals surface area (Å²) in [4.78, 5) is 12.3. The normalized spacial score (nSPS) is 14.3. The second-order valence-electron chi connectivity index (χ2n) is 8.57. The number of benzene rings is 2. The van der Waals surface area contributed by atoms with Crippen LogP contribution in [0.1, 0.15) is 43.5 Å². The molecule has 4 rings (SSSR count). The van der Waals surface area contributed by atoms with Crippen LogP contribution in [-0.4, -0.2) is 16.3 Å². The van der Waals surface area contributed by atoms with E-state index in [1.807, 2.05) is 18.2 Å². The van der Waals surface area contributed by atoms with Crippen LogP contribution >= 0.6 is 11.8 Å². The van der Waals surface area contributed by atoms with Crippen LogP contribution in [0.2, 0.25) is 0 Å². The van der Waals surface area contributed by atoms with Crippen LogP contribution in [0.4, 0.5) is 17.6 Å². The maximum atomic E-state index is 13.7. The third kappa shape index (κ3) is 6.29. The van der Waals surface area contributed by atoms with Gasteiger partial charge in [0.25, 0.3) is 0 Å². The van der Waals surface area contributed by atoms with Gasteiger partial charge in [-0.25, -0.2) is 4.39 Å². The molecule has 0 radical (unpaired) electrons. The van der Waals surface area contributed by atoms with Gasteiger partial charge in [0.15, 0.2) is 5.12 Å². The molecular weight excluding hydrogens is 490 g/mol. The lowest BCUT2D eigenvalue weighted by Crippen LogP contribution is -2.13. The number of aromatic nitrogens is 1. The molecule has 0 saturated heterocycles. The highest BCUT2D eigenvalue weighted by molar-refractivity contribution is 8.16. The average molecular weight is 516 g/mol. The number of carbonyl (C=O) groups is 1. The molecule has 0 fully saturated rings. The van der Waals surface area contributed by atoms with Gasteiger partial charge < -0.3 is 9.30 Å². The van der Waals surface area contributed by atoms with E-state index in [2.05, 4.69) is 12.2 Å². The second-order valence-corrected chi connectivity index (χ2v) is 9.99. The van der Waals surface area contributed by atoms with E-state index in [1.54, 1.807) is 29.7 Å². The molecule has 188 valence electrons. The largest absolute Gasteiger partial charge is 0.489 e. The zero-order chi connectivity index (χ0) is 25.9. The number of thioether (sulfide) groups is 1. The summed E-state index contributed by atoms with van der Waals surface area (Å²) in [6.45, 7) is 3.52. The van der Waals surface area contributed by atoms with Crippen LogP contribution in [0, 0.1) is 5.82 Å². The molecule has 8 heteroatoms. The van der Waals surface area contributed by atoms with E-state index < -0.39 is 17.6 Å². The fourth-order valence-electron chi connectivity index (χ4n) is 4.18. The van der Waals surface area contributed by atoms with Gasteiger partial charge in [-0.1, -0.05) is 36.1 Å². The number of rotatable bonds is 7. The van der Waals surface area contributed by atoms with Crippen molar-refractivity contribution in [3.05, 3.63) is 93.8 Å². The fraction of sp³-hybridized carbons (Fsp3) is 0.250. The van der Waals surface area contributed by atoms with E-state index >= 15 is 0 Å². The molecule has 2 aromatic carbocycles. The summed E-state index contributed by atoms with van der Waals surface area (Å²) in [5, 5.41) is 0.689. The minimum absolute atomic E-state index is 0.0516. The Morgan fingerprint density at radius 3 is 2.61 bits per heavy atom. The Morgan fingerprint density at radius 1 is 1.11 bits per heavy atom. The molecule has 1 aliphatic carbocycles. The van der Waals surface area contributed by atoms with E-state index in [0.29, 0.717) is 34.5 Å². The number of hydrogen-bond acceptors (Lipinski definition) is 3. The SMILES string of the molecule is CC(=O)S/C(C)=C/c1cc2cc(OCC3=CCCC=C3)ccc2n1Cc1ccc(F)cc1C(F)(F)F. The molecule has 0 amide bonds. The summed E-state index contributed by atoms with van der Waals surface area (Å²) < 4.78 is 62.3. The van der Waals surface area contributed by atoms with Gasteiger partial charge in [0.2, 0.25) is 0 Å². The first-order valence-corrected chi connectivity index (χ1v) is 12.3. The van der Waals surface area contributed by atoms with Crippen LogP contribution < -0.4 is 4.74 Å². The van der Waals surface area contributed by atoms with Gasteiger partial charge in [0.05, 0.1) is 5.56 Å². The number of hydrogen-bond donors (Lipinski definition) is 0. The Kier molecular flexibility index (Phi) is 7.73. The predicted molar refractivity (Wildman–Crippen MR) is 136 cm³/mol. The van der Waals surface area contributed by atoms with E-state index in [1.165, 1.54) is 6.92 Å². The quantitative estimate of drug-likeness (QED) is 0.298. The van der Waals surface area contributed by atoms with Crippen molar-refractivity contribution in [2.75, 3.05) is 6.61 Å². The molecule has 1 aliphatic rings. The fourth-order valence-corrected chi connectivity index (χ4v) is 4.82. The lowest BCUT2D eigenvalue weighted by atomic mass is 10.1. The Hall–Kier alpha value is -3.26. The molecule has 1 aromatic heterocycles. The number of alkyl halides is 3. The number of carbonyl (C=O) groups excluding carboxylic acids is 1. The molecule has 3 nitrogen and oxygen atoms in total. The average Bonchev–Trinajstić information content (AvgIpc) is 3.14. The number of ether oxygens (including phenoxy) is 1. The van der Waals surface area contributed by atoms with Gasteiger partial charge in [-0.3, -0.25) is 4.79 Å². The number of halogens is 4. The Bertz CT molecular complexity index is 1380. The molecule has 0 bridgehead atoms. The summed E-state index contributed by atoms with van der Waals surface area (Å²) in [7, 11) is 0. The molecule has 0 spiro atoms. The first kappa shape index (κ1) is 25.8. The molecular formula is C28H25F4NO2S. The summed E-state index contributed by atoms with van der Waals surface area (Å²) in [5.74, 6) is -0.301. The summed E-state index contributed by atoms with van der Waals surface area (Å²) in [6.07, 6.45) is 5.35. The first-order valence-electron chi connectivity index (χ1n) is 11.4. The molecule has 36 heavy (non-hydrogen) atoms. The van der Waals surface area contributed by atoms with E-state index in [-0.39, 0.29) is 17.2 Å². The van der Waals surface area contributed by atoms with Gasteiger partial charge >= 0.3 is 6.18 Å². The maximum Gasteiger partial charge on any atom is 0.416 e. The van der Waals surface area contributed by atoms with Gasteiger partial charge in [-0.15, -0.1) is 0 Å². The molecule has 0 saturated carbocycles. The van der Waals surface area contributed by atoms with Gasteiger partial charge in [0.1, 0.15) is 18.2 Å². The van der Waals surface area contributed by atoms with Gasteiger partial charge in [-0.2, -0.15) is 13.2 Å². The van der Waals surface area contributed by atoms with E-state index in [9.17, 15) is 22.4 Å². The van der Waals surface area contributed by atoms with Gasteiger partial charge in [0, 0.05) is 30.1 Å². The molecule has 0 atom stereocenters. The molecule has 0 unspecified atom stereocenters. The number of allylic oxidation sites excluding steroid dienone is 3. The van der Waals surface area contributed by atoms with E-state index in [0.717, 1.165) is 47.7 Å². The lowest BCUT2D eigenvalue weighted by Gasteiger charge is -2.16. The highest BCUT2D eigenvalue weighted by Gasteiger charge is 2.34. The summed E-state index contributed by atoms with van der Waals surface area (Å²) >= 11 is 1.05. The van der Waals surface area contributed by atoms with Crippen LogP contribution in [0.3, 0.4) is 0 Å². The zero-order valence-corrected chi connectivity index (χ0v) is 20.7. The standard InChI is InChI=1S/C28H25F4NO2S/c1-18(36-19(2)34)12-24-13-22-14-25(35-17-20-6-4-3-5-7-20)10-11-27(22)33(24)16-21-8-9-23(29)15-26(21)28(30,31)32/h4,6-15H,3,5,16-17H2,1-2H3/b18-12+. The van der Waals surface area contributed by atoms with Crippen molar-refractivity contribution in [3.63, 3.8) is 0 Å². The number of nitrogens with zero attached hydrogens (tertiary/aromatic N) is 1. The molecule has 0 N–H and O–H groups in total. The molecule has 0 aliphatic heterocycles. The minimum Gasteiger partial charge on any atom is -0.489 e. The van der Waals surface area contributed by atoms with Crippen molar-refractivity contribution in [2.24, 2.45) is 0 Å². The van der Waals surface area contributed by atoms with Crippen LogP contribution in [-0.2, 0) is 17.5 Å². The van der Waals surface area contributed by atoms with Gasteiger partial charge in [-0.05, 0) is 78.3 Å². The monoisotopic (exact) mass is 515 g/mol. The Labute approximate surface area is 211 Å². The van der Waals surface area contributed by atoms with Crippen LogP contribution in [0.25, 0.3) is 17.0 Å². The second kappa shape index (κ2) is 10.8.